The first-order valence-electron chi connectivity index (χ1n) is 11.6. The molecule has 1 N–H and O–H groups in total. The summed E-state index contributed by atoms with van der Waals surface area (Å²) in [6.45, 7) is 6.66. The van der Waals surface area contributed by atoms with E-state index in [9.17, 15) is 9.59 Å². The number of fused-ring (bicyclic) bond motifs is 1. The van der Waals surface area contributed by atoms with Crippen LogP contribution in [0.3, 0.4) is 0 Å². The summed E-state index contributed by atoms with van der Waals surface area (Å²) in [5.74, 6) is -0.875. The zero-order chi connectivity index (χ0) is 22.9. The van der Waals surface area contributed by atoms with Crippen LogP contribution >= 0.6 is 0 Å². The maximum absolute atomic E-state index is 15.2. The highest BCUT2D eigenvalue weighted by Gasteiger charge is 2.28. The number of hydrogen-bond donors (Lipinski definition) is 1. The Morgan fingerprint density at radius 2 is 2.00 bits per heavy atom. The molecule has 5 rings (SSSR count). The van der Waals surface area contributed by atoms with E-state index >= 15 is 4.39 Å². The van der Waals surface area contributed by atoms with Crippen molar-refractivity contribution in [2.75, 3.05) is 37.6 Å². The Balaban J connectivity index is 1.49. The van der Waals surface area contributed by atoms with Crippen molar-refractivity contribution in [3.8, 4) is 0 Å². The summed E-state index contributed by atoms with van der Waals surface area (Å²) in [5, 5.41) is 3.05. The molecule has 1 aliphatic carbocycles. The number of nitrogens with zero attached hydrogens (tertiary/aromatic N) is 4. The maximum Gasteiger partial charge on any atom is 0.257 e. The Kier molecular flexibility index (Phi) is 5.85. The third-order valence-corrected chi connectivity index (χ3v) is 6.62. The smallest absolute Gasteiger partial charge is 0.257 e. The van der Waals surface area contributed by atoms with Gasteiger partial charge in [-0.15, -0.1) is 0 Å². The second kappa shape index (κ2) is 8.94. The molecule has 0 radical (unpaired) electrons. The molecule has 3 aromatic rings. The molecule has 1 aromatic carbocycles. The van der Waals surface area contributed by atoms with Crippen LogP contribution in [-0.4, -0.2) is 53.1 Å². The molecule has 2 aliphatic rings. The van der Waals surface area contributed by atoms with Crippen molar-refractivity contribution < 1.29 is 9.18 Å². The van der Waals surface area contributed by atoms with Gasteiger partial charge in [0.2, 0.25) is 5.43 Å². The molecular formula is C25H28FN5O2. The molecule has 1 saturated heterocycles. The van der Waals surface area contributed by atoms with Crippen molar-refractivity contribution in [1.29, 1.82) is 0 Å². The topological polar surface area (TPSA) is 70.5 Å². The van der Waals surface area contributed by atoms with Crippen molar-refractivity contribution >= 4 is 22.5 Å². The fourth-order valence-electron chi connectivity index (χ4n) is 4.50. The molecular weight excluding hydrogens is 421 g/mol. The van der Waals surface area contributed by atoms with Gasteiger partial charge < -0.3 is 19.7 Å². The highest BCUT2D eigenvalue weighted by Crippen LogP contribution is 2.38. The molecule has 7 nitrogen and oxygen atoms in total. The van der Waals surface area contributed by atoms with Crippen molar-refractivity contribution in [2.45, 2.75) is 32.4 Å². The van der Waals surface area contributed by atoms with E-state index in [1.165, 1.54) is 6.07 Å². The lowest BCUT2D eigenvalue weighted by Gasteiger charge is -2.35. The summed E-state index contributed by atoms with van der Waals surface area (Å²) in [6.07, 6.45) is 6.95. The number of amides is 1. The Morgan fingerprint density at radius 3 is 2.67 bits per heavy atom. The minimum Gasteiger partial charge on any atom is -0.367 e. The number of carbonyl (C=O) groups is 1. The zero-order valence-electron chi connectivity index (χ0n) is 18.8. The molecule has 3 heterocycles. The fourth-order valence-corrected chi connectivity index (χ4v) is 4.50. The molecule has 2 aromatic heterocycles. The van der Waals surface area contributed by atoms with Crippen LogP contribution < -0.4 is 15.6 Å². The fraction of sp³-hybridized carbons (Fsp3) is 0.400. The van der Waals surface area contributed by atoms with E-state index in [2.05, 4.69) is 27.0 Å². The number of likely N-dealkylation sites (N-methyl/N-ethyl adjacent to an activating group) is 1. The number of rotatable bonds is 6. The maximum atomic E-state index is 15.2. The highest BCUT2D eigenvalue weighted by molar-refractivity contribution is 5.97. The summed E-state index contributed by atoms with van der Waals surface area (Å²) < 4.78 is 17.2. The van der Waals surface area contributed by atoms with E-state index in [1.807, 2.05) is 10.6 Å². The second-order valence-electron chi connectivity index (χ2n) is 8.80. The summed E-state index contributed by atoms with van der Waals surface area (Å²) in [5.41, 5.74) is 1.67. The number of piperazine rings is 1. The number of aromatic nitrogens is 2. The van der Waals surface area contributed by atoms with E-state index in [0.29, 0.717) is 11.2 Å². The largest absolute Gasteiger partial charge is 0.367 e. The zero-order valence-corrected chi connectivity index (χ0v) is 18.8. The van der Waals surface area contributed by atoms with Crippen molar-refractivity contribution in [1.82, 2.24) is 19.8 Å². The SMILES string of the molecule is CCN1CCN(c2cc3c(cc2F)c(=O)c(C(=O)NCc2cccnc2)cn3C2CC2)CC1. The highest BCUT2D eigenvalue weighted by atomic mass is 19.1. The van der Waals surface area contributed by atoms with Gasteiger partial charge in [-0.2, -0.15) is 0 Å². The number of halogens is 1. The Hall–Kier alpha value is -3.26. The molecule has 0 atom stereocenters. The first kappa shape index (κ1) is 21.6. The second-order valence-corrected chi connectivity index (χ2v) is 8.80. The van der Waals surface area contributed by atoms with Gasteiger partial charge in [0.25, 0.3) is 5.91 Å². The van der Waals surface area contributed by atoms with Gasteiger partial charge in [-0.3, -0.25) is 14.6 Å². The van der Waals surface area contributed by atoms with E-state index in [1.54, 1.807) is 30.7 Å². The van der Waals surface area contributed by atoms with E-state index in [0.717, 1.165) is 51.1 Å². The average Bonchev–Trinajstić information content (AvgIpc) is 3.69. The molecule has 0 bridgehead atoms. The standard InChI is InChI=1S/C25H28FN5O2/c1-2-29-8-10-30(11-9-29)23-13-22-19(12-21(23)26)24(32)20(16-31(22)18-5-6-18)25(33)28-15-17-4-3-7-27-14-17/h3-4,7,12-14,16,18H,2,5-6,8-11,15H2,1H3,(H,28,33). The normalized spacial score (nSPS) is 16.8. The quantitative estimate of drug-likeness (QED) is 0.627. The molecule has 172 valence electrons. The number of hydrogen-bond acceptors (Lipinski definition) is 5. The van der Waals surface area contributed by atoms with Crippen LogP contribution in [0.1, 0.15) is 41.7 Å². The third kappa shape index (κ3) is 4.35. The lowest BCUT2D eigenvalue weighted by atomic mass is 10.1. The van der Waals surface area contributed by atoms with Crippen LogP contribution in [0.4, 0.5) is 10.1 Å². The minimum absolute atomic E-state index is 0.0435. The minimum atomic E-state index is -0.458. The van der Waals surface area contributed by atoms with Crippen molar-refractivity contribution in [3.63, 3.8) is 0 Å². The predicted octanol–water partition coefficient (Wildman–Crippen LogP) is 2.94. The van der Waals surface area contributed by atoms with Gasteiger partial charge in [0.05, 0.1) is 11.2 Å². The predicted molar refractivity (Wildman–Crippen MR) is 126 cm³/mol. The average molecular weight is 450 g/mol. The summed E-state index contributed by atoms with van der Waals surface area (Å²) in [4.78, 5) is 34.5. The first-order valence-corrected chi connectivity index (χ1v) is 11.6. The van der Waals surface area contributed by atoms with Gasteiger partial charge >= 0.3 is 0 Å². The molecule has 1 amide bonds. The molecule has 1 saturated carbocycles. The van der Waals surface area contributed by atoms with E-state index in [-0.39, 0.29) is 23.5 Å². The van der Waals surface area contributed by atoms with E-state index < -0.39 is 17.2 Å². The van der Waals surface area contributed by atoms with Gasteiger partial charge in [-0.1, -0.05) is 13.0 Å². The number of pyridine rings is 2. The Bertz CT molecular complexity index is 1230. The van der Waals surface area contributed by atoms with Crippen LogP contribution in [0.25, 0.3) is 10.9 Å². The third-order valence-electron chi connectivity index (χ3n) is 6.62. The molecule has 1 aliphatic heterocycles. The molecule has 33 heavy (non-hydrogen) atoms. The molecule has 0 unspecified atom stereocenters. The van der Waals surface area contributed by atoms with Crippen molar-refractivity contribution in [3.05, 3.63) is 70.0 Å². The lowest BCUT2D eigenvalue weighted by Crippen LogP contribution is -2.46. The number of nitrogens with one attached hydrogen (secondary N) is 1. The summed E-state index contributed by atoms with van der Waals surface area (Å²) in [6, 6.07) is 6.99. The molecule has 2 fully saturated rings. The number of benzene rings is 1. The molecule has 0 spiro atoms. The van der Waals surface area contributed by atoms with Gasteiger partial charge in [-0.05, 0) is 43.1 Å². The van der Waals surface area contributed by atoms with Crippen LogP contribution in [0.15, 0.2) is 47.7 Å². The Labute approximate surface area is 191 Å². The summed E-state index contributed by atoms with van der Waals surface area (Å²) in [7, 11) is 0. The van der Waals surface area contributed by atoms with Gasteiger partial charge in [0, 0.05) is 62.7 Å². The van der Waals surface area contributed by atoms with Gasteiger partial charge in [0.1, 0.15) is 11.4 Å². The monoisotopic (exact) mass is 449 g/mol. The lowest BCUT2D eigenvalue weighted by molar-refractivity contribution is 0.0949. The Morgan fingerprint density at radius 1 is 1.21 bits per heavy atom. The van der Waals surface area contributed by atoms with Crippen LogP contribution in [0.2, 0.25) is 0 Å². The number of carbonyl (C=O) groups excluding carboxylic acids is 1. The van der Waals surface area contributed by atoms with Crippen molar-refractivity contribution in [2.24, 2.45) is 0 Å². The first-order chi connectivity index (χ1) is 16.0. The van der Waals surface area contributed by atoms with Gasteiger partial charge in [-0.25, -0.2) is 4.39 Å². The van der Waals surface area contributed by atoms with Crippen LogP contribution in [-0.2, 0) is 6.54 Å². The number of anilines is 1. The van der Waals surface area contributed by atoms with Crippen LogP contribution in [0.5, 0.6) is 0 Å². The van der Waals surface area contributed by atoms with E-state index in [4.69, 9.17) is 0 Å². The molecule has 8 heteroatoms. The van der Waals surface area contributed by atoms with Crippen LogP contribution in [0, 0.1) is 5.82 Å². The summed E-state index contributed by atoms with van der Waals surface area (Å²) >= 11 is 0. The van der Waals surface area contributed by atoms with Gasteiger partial charge in [0.15, 0.2) is 0 Å².